The second-order valence-electron chi connectivity index (χ2n) is 3.43. The molecule has 0 aliphatic heterocycles. The molecule has 0 saturated carbocycles. The lowest BCUT2D eigenvalue weighted by molar-refractivity contribution is -0.136. The van der Waals surface area contributed by atoms with Crippen LogP contribution in [0.2, 0.25) is 0 Å². The molecule has 0 saturated heterocycles. The monoisotopic (exact) mass is 221 g/mol. The Hall–Kier alpha value is -1.91. The average molecular weight is 221 g/mol. The Morgan fingerprint density at radius 2 is 1.81 bits per heavy atom. The predicted octanol–water partition coefficient (Wildman–Crippen LogP) is 3.04. The maximum Gasteiger partial charge on any atom is 0.417 e. The molecule has 1 radical (unpaired) electrons. The van der Waals surface area contributed by atoms with E-state index in [0.29, 0.717) is 10.8 Å². The summed E-state index contributed by atoms with van der Waals surface area (Å²) in [5, 5.41) is 1.16. The molecule has 1 aromatic carbocycles. The lowest BCUT2D eigenvalue weighted by atomic mass is 10.0. The molecule has 3 aromatic heterocycles. The number of alkyl halides is 3. The van der Waals surface area contributed by atoms with Crippen molar-refractivity contribution in [2.75, 3.05) is 0 Å². The highest BCUT2D eigenvalue weighted by atomic mass is 19.4. The molecule has 0 spiro atoms. The molecule has 79 valence electrons. The van der Waals surface area contributed by atoms with Crippen LogP contribution in [0.3, 0.4) is 0 Å². The fourth-order valence-corrected chi connectivity index (χ4v) is 1.79. The van der Waals surface area contributed by atoms with E-state index in [1.807, 2.05) is 0 Å². The second-order valence-corrected chi connectivity index (χ2v) is 3.43. The van der Waals surface area contributed by atoms with Crippen LogP contribution >= 0.6 is 0 Å². The summed E-state index contributed by atoms with van der Waals surface area (Å²) in [5.41, 5.74) is -0.694. The van der Waals surface area contributed by atoms with Crippen LogP contribution in [0.4, 0.5) is 13.2 Å². The third-order valence-corrected chi connectivity index (χ3v) is 2.47. The van der Waals surface area contributed by atoms with E-state index < -0.39 is 11.7 Å². The van der Waals surface area contributed by atoms with Gasteiger partial charge in [0.1, 0.15) is 0 Å². The molecule has 2 nitrogen and oxygen atoms in total. The van der Waals surface area contributed by atoms with E-state index in [-0.39, 0.29) is 11.0 Å². The Kier molecular flexibility index (Phi) is 1.64. The molecule has 0 N–H and O–H groups in total. The minimum absolute atomic E-state index is 0.0370. The minimum Gasteiger partial charge on any atom is -0.236 e. The molecular weight excluding hydrogens is 217 g/mol. The maximum atomic E-state index is 12.7. The van der Waals surface area contributed by atoms with Gasteiger partial charge in [-0.25, -0.2) is 9.97 Å². The summed E-state index contributed by atoms with van der Waals surface area (Å²) < 4.78 is 38.2. The van der Waals surface area contributed by atoms with Gasteiger partial charge in [0, 0.05) is 23.2 Å². The molecule has 0 aliphatic rings. The number of aromatic nitrogens is 2. The molecule has 0 amide bonds. The number of pyridine rings is 2. The van der Waals surface area contributed by atoms with Crippen LogP contribution in [0.1, 0.15) is 5.56 Å². The van der Waals surface area contributed by atoms with Crippen LogP contribution in [0.25, 0.3) is 21.8 Å². The highest BCUT2D eigenvalue weighted by Crippen LogP contribution is 2.37. The summed E-state index contributed by atoms with van der Waals surface area (Å²) in [6.45, 7) is 0. The van der Waals surface area contributed by atoms with Gasteiger partial charge in [-0.1, -0.05) is 12.1 Å². The number of rotatable bonds is 0. The lowest BCUT2D eigenvalue weighted by Gasteiger charge is -2.12. The van der Waals surface area contributed by atoms with Gasteiger partial charge in [0.05, 0.1) is 5.56 Å². The van der Waals surface area contributed by atoms with E-state index in [0.717, 1.165) is 0 Å². The summed E-state index contributed by atoms with van der Waals surface area (Å²) in [6.07, 6.45) is -1.39. The molecule has 0 fully saturated rings. The molecule has 16 heavy (non-hydrogen) atoms. The van der Waals surface area contributed by atoms with Crippen molar-refractivity contribution in [2.24, 2.45) is 0 Å². The number of benzene rings is 1. The van der Waals surface area contributed by atoms with Crippen LogP contribution in [0.15, 0.2) is 24.5 Å². The fourth-order valence-electron chi connectivity index (χ4n) is 1.79. The zero-order valence-electron chi connectivity index (χ0n) is 7.84. The first-order valence-corrected chi connectivity index (χ1v) is 4.52. The largest absolute Gasteiger partial charge is 0.417 e. The fraction of sp³-hybridized carbons (Fsp3) is 0.0909. The number of hydrogen-bond acceptors (Lipinski definition) is 2. The van der Waals surface area contributed by atoms with Gasteiger partial charge < -0.3 is 0 Å². The van der Waals surface area contributed by atoms with Crippen molar-refractivity contribution in [2.45, 2.75) is 6.18 Å². The van der Waals surface area contributed by atoms with Gasteiger partial charge in [-0.05, 0) is 11.5 Å². The first-order valence-electron chi connectivity index (χ1n) is 4.52. The highest BCUT2D eigenvalue weighted by Gasteiger charge is 2.34. The maximum absolute atomic E-state index is 12.7. The van der Waals surface area contributed by atoms with E-state index >= 15 is 0 Å². The van der Waals surface area contributed by atoms with Gasteiger partial charge in [0.2, 0.25) is 0 Å². The third-order valence-electron chi connectivity index (χ3n) is 2.47. The first-order chi connectivity index (χ1) is 7.57. The van der Waals surface area contributed by atoms with E-state index in [1.54, 1.807) is 6.07 Å². The Bertz CT molecular complexity index is 640. The molecule has 4 aromatic rings. The summed E-state index contributed by atoms with van der Waals surface area (Å²) in [7, 11) is 0. The molecule has 4 rings (SSSR count). The van der Waals surface area contributed by atoms with Crippen molar-refractivity contribution in [3.8, 4) is 0 Å². The standard InChI is InChI=1S/C11H4F3N2/c12-11(13,14)8-3-1-2-7-6-4-15-10(9(7)8)16-5-6/h1-2,4-5H. The van der Waals surface area contributed by atoms with Gasteiger partial charge in [-0.3, -0.25) is 0 Å². The topological polar surface area (TPSA) is 25.8 Å². The van der Waals surface area contributed by atoms with Gasteiger partial charge in [-0.2, -0.15) is 13.2 Å². The van der Waals surface area contributed by atoms with Crippen molar-refractivity contribution in [3.05, 3.63) is 36.2 Å². The van der Waals surface area contributed by atoms with E-state index in [2.05, 4.69) is 16.0 Å². The zero-order valence-corrected chi connectivity index (χ0v) is 7.84. The Labute approximate surface area is 88.1 Å². The average Bonchev–Trinajstić information content (AvgIpc) is 2.29. The van der Waals surface area contributed by atoms with E-state index in [4.69, 9.17) is 0 Å². The van der Waals surface area contributed by atoms with Crippen LogP contribution in [-0.2, 0) is 6.18 Å². The third kappa shape index (κ3) is 1.14. The molecular formula is C11H4F3N2. The predicted molar refractivity (Wildman–Crippen MR) is 52.1 cm³/mol. The Morgan fingerprint density at radius 3 is 2.44 bits per heavy atom. The molecule has 2 bridgehead atoms. The van der Waals surface area contributed by atoms with Crippen molar-refractivity contribution in [1.82, 2.24) is 9.97 Å². The molecule has 0 unspecified atom stereocenters. The van der Waals surface area contributed by atoms with Crippen LogP contribution in [0.5, 0.6) is 0 Å². The smallest absolute Gasteiger partial charge is 0.236 e. The number of nitrogens with zero attached hydrogens (tertiary/aromatic N) is 2. The number of halogens is 3. The Balaban J connectivity index is 2.54. The van der Waals surface area contributed by atoms with Gasteiger partial charge in [0.25, 0.3) is 0 Å². The SMILES string of the molecule is FC(F)(F)c1[c]ccc2c3cnc(nc3)c12. The second kappa shape index (κ2) is 2.81. The van der Waals surface area contributed by atoms with Crippen LogP contribution in [-0.4, -0.2) is 9.97 Å². The van der Waals surface area contributed by atoms with Gasteiger partial charge in [-0.15, -0.1) is 0 Å². The van der Waals surface area contributed by atoms with Gasteiger partial charge >= 0.3 is 6.18 Å². The summed E-state index contributed by atoms with van der Waals surface area (Å²) in [4.78, 5) is 7.70. The summed E-state index contributed by atoms with van der Waals surface area (Å²) in [6, 6.07) is 5.08. The molecule has 3 heterocycles. The number of hydrogen-bond donors (Lipinski definition) is 0. The lowest BCUT2D eigenvalue weighted by Crippen LogP contribution is -2.07. The summed E-state index contributed by atoms with van der Waals surface area (Å²) >= 11 is 0. The molecule has 0 atom stereocenters. The van der Waals surface area contributed by atoms with Crippen molar-refractivity contribution < 1.29 is 13.2 Å². The minimum atomic E-state index is -4.43. The Morgan fingerprint density at radius 1 is 1.12 bits per heavy atom. The first kappa shape index (κ1) is 9.33. The zero-order chi connectivity index (χ0) is 11.3. The van der Waals surface area contributed by atoms with Crippen LogP contribution < -0.4 is 0 Å². The van der Waals surface area contributed by atoms with E-state index in [9.17, 15) is 13.2 Å². The number of fused-ring (bicyclic) bond motifs is 2. The molecule has 5 heteroatoms. The van der Waals surface area contributed by atoms with Crippen molar-refractivity contribution >= 4 is 21.8 Å². The van der Waals surface area contributed by atoms with Gasteiger partial charge in [0.15, 0.2) is 5.65 Å². The normalized spacial score (nSPS) is 12.7. The quantitative estimate of drug-likeness (QED) is 0.583. The van der Waals surface area contributed by atoms with E-state index in [1.165, 1.54) is 18.5 Å². The van der Waals surface area contributed by atoms with Crippen molar-refractivity contribution in [3.63, 3.8) is 0 Å². The van der Waals surface area contributed by atoms with Crippen molar-refractivity contribution in [1.29, 1.82) is 0 Å². The van der Waals surface area contributed by atoms with Crippen LogP contribution in [0, 0.1) is 6.07 Å². The highest BCUT2D eigenvalue weighted by molar-refractivity contribution is 6.07. The summed E-state index contributed by atoms with van der Waals surface area (Å²) in [5.74, 6) is 0. The molecule has 0 aliphatic carbocycles.